The molecular weight excluding hydrogens is 379 g/mol. The van der Waals surface area contributed by atoms with E-state index >= 15 is 0 Å². The molecule has 0 atom stereocenters. The molecule has 7 heteroatoms. The van der Waals surface area contributed by atoms with Crippen molar-refractivity contribution < 1.29 is 13.9 Å². The minimum absolute atomic E-state index is 0.169. The molecule has 0 saturated heterocycles. The number of amides is 1. The molecule has 1 aromatic heterocycles. The Morgan fingerprint density at radius 2 is 2.04 bits per heavy atom. The van der Waals surface area contributed by atoms with Gasteiger partial charge in [0.2, 0.25) is 0 Å². The molecule has 1 amide bonds. The molecule has 0 bridgehead atoms. The molecule has 1 aromatic carbocycles. The summed E-state index contributed by atoms with van der Waals surface area (Å²) >= 11 is 3.24. The van der Waals surface area contributed by atoms with Crippen molar-refractivity contribution in [3.8, 4) is 0 Å². The number of fused-ring (bicyclic) bond motifs is 1. The van der Waals surface area contributed by atoms with Gasteiger partial charge in [-0.3, -0.25) is 4.79 Å². The standard InChI is InChI=1S/C16H22BrFN2O2Si/c1-10-7-11-14(17)13(18)8-12(16(19)21)15(11)20(10)9-22-5-6-23(2,3)4/h7-8H,5-6,9H2,1-4H3,(H2,19,21). The number of aromatic nitrogens is 1. The number of hydrogen-bond donors (Lipinski definition) is 1. The molecule has 0 saturated carbocycles. The zero-order valence-electron chi connectivity index (χ0n) is 13.9. The highest BCUT2D eigenvalue weighted by atomic mass is 79.9. The van der Waals surface area contributed by atoms with Gasteiger partial charge in [-0.25, -0.2) is 4.39 Å². The lowest BCUT2D eigenvalue weighted by Crippen LogP contribution is -2.22. The molecule has 126 valence electrons. The Bertz CT molecular complexity index is 753. The van der Waals surface area contributed by atoms with E-state index in [4.69, 9.17) is 10.5 Å². The highest BCUT2D eigenvalue weighted by Crippen LogP contribution is 2.32. The summed E-state index contributed by atoms with van der Waals surface area (Å²) < 4.78 is 21.9. The van der Waals surface area contributed by atoms with Crippen molar-refractivity contribution >= 4 is 40.8 Å². The van der Waals surface area contributed by atoms with Crippen LogP contribution in [0, 0.1) is 12.7 Å². The smallest absolute Gasteiger partial charge is 0.250 e. The van der Waals surface area contributed by atoms with Crippen LogP contribution >= 0.6 is 15.9 Å². The Balaban J connectivity index is 2.38. The largest absolute Gasteiger partial charge is 0.366 e. The van der Waals surface area contributed by atoms with E-state index in [1.807, 2.05) is 17.6 Å². The SMILES string of the molecule is Cc1cc2c(Br)c(F)cc(C(N)=O)c2n1COCC[Si](C)(C)C. The summed E-state index contributed by atoms with van der Waals surface area (Å²) in [6, 6.07) is 4.07. The number of primary amides is 1. The zero-order valence-corrected chi connectivity index (χ0v) is 16.5. The Hall–Kier alpha value is -1.18. The molecule has 0 aliphatic rings. The predicted octanol–water partition coefficient (Wildman–Crippen LogP) is 4.26. The third-order valence-corrected chi connectivity index (χ3v) is 6.27. The molecule has 2 aromatic rings. The Morgan fingerprint density at radius 1 is 1.39 bits per heavy atom. The zero-order chi connectivity index (χ0) is 17.4. The Kier molecular flexibility index (Phi) is 5.32. The van der Waals surface area contributed by atoms with Gasteiger partial charge in [0.15, 0.2) is 0 Å². The maximum atomic E-state index is 14.0. The molecule has 0 spiro atoms. The van der Waals surface area contributed by atoms with E-state index in [0.29, 0.717) is 28.7 Å². The number of nitrogens with two attached hydrogens (primary N) is 1. The summed E-state index contributed by atoms with van der Waals surface area (Å²) in [5, 5.41) is 0.630. The molecule has 0 unspecified atom stereocenters. The Morgan fingerprint density at radius 3 is 2.61 bits per heavy atom. The second kappa shape index (κ2) is 6.74. The monoisotopic (exact) mass is 400 g/mol. The van der Waals surface area contributed by atoms with Gasteiger partial charge in [-0.1, -0.05) is 19.6 Å². The minimum atomic E-state index is -1.16. The number of carbonyl (C=O) groups excluding carboxylic acids is 1. The molecule has 23 heavy (non-hydrogen) atoms. The van der Waals surface area contributed by atoms with Crippen LogP contribution in [0.4, 0.5) is 4.39 Å². The first-order valence-electron chi connectivity index (χ1n) is 7.47. The molecule has 4 nitrogen and oxygen atoms in total. The van der Waals surface area contributed by atoms with Crippen LogP contribution < -0.4 is 5.73 Å². The predicted molar refractivity (Wildman–Crippen MR) is 97.0 cm³/mol. The molecule has 0 aliphatic heterocycles. The van der Waals surface area contributed by atoms with Crippen LogP contribution in [-0.2, 0) is 11.5 Å². The van der Waals surface area contributed by atoms with Crippen molar-refractivity contribution in [3.63, 3.8) is 0 Å². The van der Waals surface area contributed by atoms with Crippen molar-refractivity contribution in [2.45, 2.75) is 39.3 Å². The summed E-state index contributed by atoms with van der Waals surface area (Å²) in [5.41, 5.74) is 7.09. The lowest BCUT2D eigenvalue weighted by Gasteiger charge is -2.17. The second-order valence-corrected chi connectivity index (χ2v) is 13.3. The van der Waals surface area contributed by atoms with Crippen molar-refractivity contribution in [1.82, 2.24) is 4.57 Å². The van der Waals surface area contributed by atoms with E-state index in [9.17, 15) is 9.18 Å². The van der Waals surface area contributed by atoms with Crippen LogP contribution in [0.1, 0.15) is 16.1 Å². The maximum Gasteiger partial charge on any atom is 0.250 e. The second-order valence-electron chi connectivity index (χ2n) is 6.91. The van der Waals surface area contributed by atoms with Crippen LogP contribution in [0.5, 0.6) is 0 Å². The van der Waals surface area contributed by atoms with Crippen molar-refractivity contribution in [2.24, 2.45) is 5.73 Å². The van der Waals surface area contributed by atoms with E-state index in [-0.39, 0.29) is 5.56 Å². The van der Waals surface area contributed by atoms with Gasteiger partial charge >= 0.3 is 0 Å². The van der Waals surface area contributed by atoms with Gasteiger partial charge in [0.25, 0.3) is 5.91 Å². The topological polar surface area (TPSA) is 57.2 Å². The van der Waals surface area contributed by atoms with Gasteiger partial charge in [-0.2, -0.15) is 0 Å². The highest BCUT2D eigenvalue weighted by molar-refractivity contribution is 9.10. The first-order valence-corrected chi connectivity index (χ1v) is 12.0. The van der Waals surface area contributed by atoms with Gasteiger partial charge in [0, 0.05) is 25.8 Å². The van der Waals surface area contributed by atoms with Crippen molar-refractivity contribution in [3.05, 3.63) is 33.7 Å². The minimum Gasteiger partial charge on any atom is -0.366 e. The highest BCUT2D eigenvalue weighted by Gasteiger charge is 2.19. The lowest BCUT2D eigenvalue weighted by molar-refractivity contribution is 0.0887. The van der Waals surface area contributed by atoms with Crippen LogP contribution in [-0.4, -0.2) is 25.2 Å². The summed E-state index contributed by atoms with van der Waals surface area (Å²) in [6.45, 7) is 9.76. The van der Waals surface area contributed by atoms with E-state index in [2.05, 4.69) is 35.6 Å². The molecule has 0 fully saturated rings. The summed E-state index contributed by atoms with van der Waals surface area (Å²) in [5.74, 6) is -1.15. The normalized spacial score (nSPS) is 12.1. The van der Waals surface area contributed by atoms with Gasteiger partial charge in [-0.15, -0.1) is 0 Å². The van der Waals surface area contributed by atoms with Crippen molar-refractivity contribution in [2.75, 3.05) is 6.61 Å². The maximum absolute atomic E-state index is 14.0. The van der Waals surface area contributed by atoms with Crippen LogP contribution in [0.25, 0.3) is 10.9 Å². The fourth-order valence-electron chi connectivity index (χ4n) is 2.41. The molecule has 0 aliphatic carbocycles. The molecule has 2 rings (SSSR count). The summed E-state index contributed by atoms with van der Waals surface area (Å²) in [6.07, 6.45) is 0. The lowest BCUT2D eigenvalue weighted by atomic mass is 10.1. The number of benzene rings is 1. The van der Waals surface area contributed by atoms with Crippen LogP contribution in [0.3, 0.4) is 0 Å². The van der Waals surface area contributed by atoms with Crippen molar-refractivity contribution in [1.29, 1.82) is 0 Å². The average molecular weight is 401 g/mol. The van der Waals surface area contributed by atoms with E-state index < -0.39 is 19.8 Å². The molecule has 2 N–H and O–H groups in total. The number of nitrogens with zero attached hydrogens (tertiary/aromatic N) is 1. The third-order valence-electron chi connectivity index (χ3n) is 3.76. The van der Waals surface area contributed by atoms with Crippen LogP contribution in [0.2, 0.25) is 25.7 Å². The number of rotatable bonds is 6. The average Bonchev–Trinajstić information content (AvgIpc) is 2.75. The summed E-state index contributed by atoms with van der Waals surface area (Å²) in [7, 11) is -1.16. The number of aryl methyl sites for hydroxylation is 1. The fraction of sp³-hybridized carbons (Fsp3) is 0.438. The summed E-state index contributed by atoms with van der Waals surface area (Å²) in [4.78, 5) is 11.7. The van der Waals surface area contributed by atoms with Gasteiger partial charge in [0.05, 0.1) is 15.6 Å². The van der Waals surface area contributed by atoms with Gasteiger partial charge in [0.1, 0.15) is 12.5 Å². The molecule has 1 heterocycles. The molecule has 0 radical (unpaired) electrons. The third kappa shape index (κ3) is 4.02. The first kappa shape index (κ1) is 18.2. The van der Waals surface area contributed by atoms with Gasteiger partial charge in [-0.05, 0) is 41.0 Å². The van der Waals surface area contributed by atoms with Crippen LogP contribution in [0.15, 0.2) is 16.6 Å². The fourth-order valence-corrected chi connectivity index (χ4v) is 3.58. The number of hydrogen-bond acceptors (Lipinski definition) is 2. The number of carbonyl (C=O) groups is 1. The number of ether oxygens (including phenoxy) is 1. The first-order chi connectivity index (χ1) is 10.6. The quantitative estimate of drug-likeness (QED) is 0.581. The Labute approximate surface area is 144 Å². The number of halogens is 2. The van der Waals surface area contributed by atoms with E-state index in [1.165, 1.54) is 6.07 Å². The van der Waals surface area contributed by atoms with E-state index in [1.54, 1.807) is 0 Å². The van der Waals surface area contributed by atoms with E-state index in [0.717, 1.165) is 11.7 Å². The molecular formula is C16H22BrFN2O2Si. The van der Waals surface area contributed by atoms with Gasteiger partial charge < -0.3 is 15.0 Å².